The van der Waals surface area contributed by atoms with Crippen molar-refractivity contribution in [3.8, 4) is 16.9 Å². The van der Waals surface area contributed by atoms with Crippen LogP contribution in [0.1, 0.15) is 27.4 Å². The third kappa shape index (κ3) is 4.95. The Bertz CT molecular complexity index is 1230. The lowest BCUT2D eigenvalue weighted by atomic mass is 9.98. The van der Waals surface area contributed by atoms with Crippen LogP contribution >= 0.6 is 0 Å². The normalized spacial score (nSPS) is 12.7. The van der Waals surface area contributed by atoms with Gasteiger partial charge in [-0.3, -0.25) is 10.1 Å². The number of ether oxygens (including phenoxy) is 2. The molecule has 3 aromatic carbocycles. The molecule has 180 valence electrons. The number of carboxylic acids is 1. The highest BCUT2D eigenvalue weighted by molar-refractivity contribution is 6.04. The number of aliphatic hydroxyl groups excluding tert-OH is 1. The molecule has 0 radical (unpaired) electrons. The fourth-order valence-corrected chi connectivity index (χ4v) is 4.12. The van der Waals surface area contributed by atoms with Crippen LogP contribution in [0.2, 0.25) is 0 Å². The van der Waals surface area contributed by atoms with E-state index in [0.29, 0.717) is 5.75 Å². The van der Waals surface area contributed by atoms with Crippen molar-refractivity contribution in [2.45, 2.75) is 12.0 Å². The van der Waals surface area contributed by atoms with E-state index in [1.165, 1.54) is 25.3 Å². The van der Waals surface area contributed by atoms with Gasteiger partial charge in [0.05, 0.1) is 25.0 Å². The van der Waals surface area contributed by atoms with E-state index in [1.807, 2.05) is 48.5 Å². The number of aliphatic carboxylic acids is 1. The Morgan fingerprint density at radius 1 is 0.971 bits per heavy atom. The van der Waals surface area contributed by atoms with E-state index >= 15 is 0 Å². The third-order valence-electron chi connectivity index (χ3n) is 5.84. The number of carboxylic acid groups (broad SMARTS) is 1. The highest BCUT2D eigenvalue weighted by atomic mass is 16.5. The zero-order valence-electron chi connectivity index (χ0n) is 18.9. The second-order valence-corrected chi connectivity index (χ2v) is 7.91. The molecule has 3 aromatic rings. The molecule has 0 fully saturated rings. The van der Waals surface area contributed by atoms with E-state index in [2.05, 4.69) is 10.6 Å². The number of amides is 2. The predicted molar refractivity (Wildman–Crippen MR) is 128 cm³/mol. The number of carbonyl (C=O) groups excluding carboxylic acids is 2. The Kier molecular flexibility index (Phi) is 6.98. The van der Waals surface area contributed by atoms with E-state index in [9.17, 15) is 19.5 Å². The van der Waals surface area contributed by atoms with E-state index in [-0.39, 0.29) is 23.8 Å². The number of aliphatic hydroxyl groups is 1. The number of carbonyl (C=O) groups is 3. The SMILES string of the molecule is COc1ccc(C(=O)N[C@@H](CO)C(=O)O)c(NC(=O)OCC2c3ccccc3-c3ccccc32)c1. The van der Waals surface area contributed by atoms with Gasteiger partial charge in [0.2, 0.25) is 0 Å². The number of fused-ring (bicyclic) bond motifs is 3. The van der Waals surface area contributed by atoms with Crippen LogP contribution in [0.15, 0.2) is 66.7 Å². The molecule has 0 unspecified atom stereocenters. The van der Waals surface area contributed by atoms with Crippen LogP contribution < -0.4 is 15.4 Å². The summed E-state index contributed by atoms with van der Waals surface area (Å²) in [5.74, 6) is -1.95. The number of hydrogen-bond acceptors (Lipinski definition) is 6. The lowest BCUT2D eigenvalue weighted by molar-refractivity contribution is -0.140. The van der Waals surface area contributed by atoms with Gasteiger partial charge in [0.1, 0.15) is 12.4 Å². The summed E-state index contributed by atoms with van der Waals surface area (Å²) in [7, 11) is 1.43. The van der Waals surface area contributed by atoms with Crippen LogP contribution in [-0.2, 0) is 9.53 Å². The van der Waals surface area contributed by atoms with E-state index < -0.39 is 30.6 Å². The minimum absolute atomic E-state index is 0.0148. The van der Waals surface area contributed by atoms with Crippen molar-refractivity contribution in [3.05, 3.63) is 83.4 Å². The molecular formula is C26H24N2O7. The molecule has 0 bridgehead atoms. The van der Waals surface area contributed by atoms with Gasteiger partial charge in [0.15, 0.2) is 6.04 Å². The highest BCUT2D eigenvalue weighted by Crippen LogP contribution is 2.44. The van der Waals surface area contributed by atoms with E-state index in [4.69, 9.17) is 14.6 Å². The first-order valence-electron chi connectivity index (χ1n) is 10.9. The second kappa shape index (κ2) is 10.3. The molecule has 4 N–H and O–H groups in total. The topological polar surface area (TPSA) is 134 Å². The monoisotopic (exact) mass is 476 g/mol. The largest absolute Gasteiger partial charge is 0.497 e. The number of rotatable bonds is 8. The van der Waals surface area contributed by atoms with Gasteiger partial charge in [-0.05, 0) is 34.4 Å². The van der Waals surface area contributed by atoms with Crippen molar-refractivity contribution >= 4 is 23.7 Å². The Balaban J connectivity index is 1.50. The first-order valence-corrected chi connectivity index (χ1v) is 10.9. The smallest absolute Gasteiger partial charge is 0.411 e. The molecule has 1 atom stereocenters. The lowest BCUT2D eigenvalue weighted by Crippen LogP contribution is -2.43. The standard InChI is InChI=1S/C26H24N2O7/c1-34-15-10-11-20(24(30)27-23(13-29)25(31)32)22(12-15)28-26(33)35-14-21-18-8-4-2-6-16(18)17-7-3-5-9-19(17)21/h2-12,21,23,29H,13-14H2,1H3,(H,27,30)(H,28,33)(H,31,32)/t23-/m0/s1. The second-order valence-electron chi connectivity index (χ2n) is 7.91. The summed E-state index contributed by atoms with van der Waals surface area (Å²) in [4.78, 5) is 36.5. The van der Waals surface area contributed by atoms with Gasteiger partial charge in [0.25, 0.3) is 5.91 Å². The molecule has 0 spiro atoms. The van der Waals surface area contributed by atoms with Gasteiger partial charge in [-0.1, -0.05) is 48.5 Å². The van der Waals surface area contributed by atoms with Gasteiger partial charge in [-0.2, -0.15) is 0 Å². The third-order valence-corrected chi connectivity index (χ3v) is 5.84. The van der Waals surface area contributed by atoms with Crippen molar-refractivity contribution in [3.63, 3.8) is 0 Å². The van der Waals surface area contributed by atoms with Crippen molar-refractivity contribution < 1.29 is 34.1 Å². The molecule has 0 aliphatic heterocycles. The zero-order chi connectivity index (χ0) is 24.9. The predicted octanol–water partition coefficient (Wildman–Crippen LogP) is 3.23. The molecular weight excluding hydrogens is 452 g/mol. The molecule has 2 amide bonds. The fraction of sp³-hybridized carbons (Fsp3) is 0.192. The molecule has 4 rings (SSSR count). The number of nitrogens with one attached hydrogen (secondary N) is 2. The Morgan fingerprint density at radius 2 is 1.60 bits per heavy atom. The van der Waals surface area contributed by atoms with Gasteiger partial charge in [0, 0.05) is 12.0 Å². The highest BCUT2D eigenvalue weighted by Gasteiger charge is 2.29. The molecule has 1 aliphatic rings. The summed E-state index contributed by atoms with van der Waals surface area (Å²) in [6, 6.07) is 18.7. The van der Waals surface area contributed by atoms with E-state index in [1.54, 1.807) is 0 Å². The summed E-state index contributed by atoms with van der Waals surface area (Å²) in [6.07, 6.45) is -0.786. The zero-order valence-corrected chi connectivity index (χ0v) is 18.9. The molecule has 9 nitrogen and oxygen atoms in total. The van der Waals surface area contributed by atoms with Crippen molar-refractivity contribution in [1.29, 1.82) is 0 Å². The number of benzene rings is 3. The van der Waals surface area contributed by atoms with Crippen molar-refractivity contribution in [1.82, 2.24) is 5.32 Å². The van der Waals surface area contributed by atoms with Gasteiger partial charge >= 0.3 is 12.1 Å². The fourth-order valence-electron chi connectivity index (χ4n) is 4.12. The quantitative estimate of drug-likeness (QED) is 0.392. The van der Waals surface area contributed by atoms with Crippen molar-refractivity contribution in [2.75, 3.05) is 25.6 Å². The van der Waals surface area contributed by atoms with Crippen LogP contribution in [0, 0.1) is 0 Å². The maximum absolute atomic E-state index is 12.7. The first kappa shape index (κ1) is 23.8. The van der Waals surface area contributed by atoms with Gasteiger partial charge in [-0.25, -0.2) is 9.59 Å². The minimum atomic E-state index is -1.49. The summed E-state index contributed by atoms with van der Waals surface area (Å²) in [5.41, 5.74) is 4.37. The molecule has 0 saturated carbocycles. The minimum Gasteiger partial charge on any atom is -0.497 e. The molecule has 1 aliphatic carbocycles. The van der Waals surface area contributed by atoms with Gasteiger partial charge in [-0.15, -0.1) is 0 Å². The number of anilines is 1. The average molecular weight is 476 g/mol. The summed E-state index contributed by atoms with van der Waals surface area (Å²) in [5, 5.41) is 23.0. The molecule has 9 heteroatoms. The maximum atomic E-state index is 12.7. The van der Waals surface area contributed by atoms with Crippen molar-refractivity contribution in [2.24, 2.45) is 0 Å². The molecule has 0 aromatic heterocycles. The van der Waals surface area contributed by atoms with Crippen LogP contribution in [0.3, 0.4) is 0 Å². The molecule has 0 saturated heterocycles. The van der Waals surface area contributed by atoms with Crippen LogP contribution in [0.5, 0.6) is 5.75 Å². The first-order chi connectivity index (χ1) is 16.9. The average Bonchev–Trinajstić information content (AvgIpc) is 3.19. The summed E-state index contributed by atoms with van der Waals surface area (Å²) < 4.78 is 10.7. The van der Waals surface area contributed by atoms with Crippen LogP contribution in [-0.4, -0.2) is 54.5 Å². The maximum Gasteiger partial charge on any atom is 0.411 e. The summed E-state index contributed by atoms with van der Waals surface area (Å²) >= 11 is 0. The lowest BCUT2D eigenvalue weighted by Gasteiger charge is -2.17. The molecule has 0 heterocycles. The van der Waals surface area contributed by atoms with E-state index in [0.717, 1.165) is 22.3 Å². The summed E-state index contributed by atoms with van der Waals surface area (Å²) in [6.45, 7) is -0.705. The number of methoxy groups -OCH3 is 1. The van der Waals surface area contributed by atoms with Crippen LogP contribution in [0.4, 0.5) is 10.5 Å². The Labute approximate surface area is 201 Å². The Morgan fingerprint density at radius 3 is 2.17 bits per heavy atom. The number of hydrogen-bond donors (Lipinski definition) is 4. The van der Waals surface area contributed by atoms with Crippen LogP contribution in [0.25, 0.3) is 11.1 Å². The van der Waals surface area contributed by atoms with Gasteiger partial charge < -0.3 is 25.0 Å². The molecule has 35 heavy (non-hydrogen) atoms. The Hall–Kier alpha value is -4.37.